The Morgan fingerprint density at radius 2 is 1.72 bits per heavy atom. The lowest BCUT2D eigenvalue weighted by molar-refractivity contribution is 0.689. The first kappa shape index (κ1) is 16.5. The van der Waals surface area contributed by atoms with Crippen LogP contribution in [-0.4, -0.2) is 9.78 Å². The maximum atomic E-state index is 9.04. The van der Waals surface area contributed by atoms with Crippen molar-refractivity contribution in [2.75, 3.05) is 0 Å². The van der Waals surface area contributed by atoms with Gasteiger partial charge in [-0.3, -0.25) is 4.68 Å². The second-order valence-electron chi connectivity index (χ2n) is 5.40. The molecule has 2 aromatic carbocycles. The van der Waals surface area contributed by atoms with Crippen LogP contribution in [0.1, 0.15) is 11.1 Å². The highest BCUT2D eigenvalue weighted by atomic mass is 35.5. The molecule has 3 aromatic rings. The van der Waals surface area contributed by atoms with Crippen molar-refractivity contribution in [2.45, 2.75) is 6.54 Å². The lowest BCUT2D eigenvalue weighted by Gasteiger charge is -2.02. The Bertz CT molecular complexity index is 971. The molecule has 1 heterocycles. The van der Waals surface area contributed by atoms with Crippen molar-refractivity contribution in [1.82, 2.24) is 9.78 Å². The van der Waals surface area contributed by atoms with Gasteiger partial charge in [-0.2, -0.15) is 15.6 Å². The van der Waals surface area contributed by atoms with Crippen molar-refractivity contribution in [2.24, 2.45) is 0 Å². The average molecular weight is 345 g/mol. The minimum absolute atomic E-state index is 0.0447. The van der Waals surface area contributed by atoms with Crippen molar-refractivity contribution in [3.8, 4) is 23.4 Å². The van der Waals surface area contributed by atoms with Crippen molar-refractivity contribution >= 4 is 17.7 Å². The molecule has 5 heteroatoms. The first-order chi connectivity index (χ1) is 12.2. The lowest BCUT2D eigenvalue weighted by atomic mass is 10.1. The summed E-state index contributed by atoms with van der Waals surface area (Å²) in [5, 5.41) is 23.4. The zero-order chi connectivity index (χ0) is 17.6. The number of rotatable bonds is 4. The van der Waals surface area contributed by atoms with Crippen LogP contribution in [0.2, 0.25) is 5.02 Å². The van der Waals surface area contributed by atoms with E-state index in [1.165, 1.54) is 0 Å². The molecule has 0 aliphatic heterocycles. The SMILES string of the molecule is N#CC(C#N)=Cc1cn(Cc2ccc(Cl)cc2)nc1-c1ccccc1. The fourth-order valence-corrected chi connectivity index (χ4v) is 2.59. The zero-order valence-corrected chi connectivity index (χ0v) is 14.0. The molecule has 3 rings (SSSR count). The fourth-order valence-electron chi connectivity index (χ4n) is 2.47. The standard InChI is InChI=1S/C20H13ClN4/c21-19-8-6-15(7-9-19)13-25-14-18(10-16(11-22)12-23)20(24-25)17-4-2-1-3-5-17/h1-10,14H,13H2. The summed E-state index contributed by atoms with van der Waals surface area (Å²) in [7, 11) is 0. The predicted octanol–water partition coefficient (Wildman–Crippen LogP) is 4.68. The number of aromatic nitrogens is 2. The number of hydrogen-bond acceptors (Lipinski definition) is 3. The Hall–Kier alpha value is -3.34. The van der Waals surface area contributed by atoms with E-state index in [0.717, 1.165) is 22.4 Å². The number of nitrogens with zero attached hydrogens (tertiary/aromatic N) is 4. The molecule has 0 atom stereocenters. The molecule has 0 N–H and O–H groups in total. The topological polar surface area (TPSA) is 65.4 Å². The normalized spacial score (nSPS) is 9.88. The van der Waals surface area contributed by atoms with Crippen molar-refractivity contribution in [1.29, 1.82) is 10.5 Å². The molecule has 0 fully saturated rings. The Kier molecular flexibility index (Phi) is 4.95. The van der Waals surface area contributed by atoms with Gasteiger partial charge < -0.3 is 0 Å². The third-order valence-electron chi connectivity index (χ3n) is 3.64. The summed E-state index contributed by atoms with van der Waals surface area (Å²) < 4.78 is 1.80. The van der Waals surface area contributed by atoms with E-state index in [4.69, 9.17) is 22.1 Å². The molecular weight excluding hydrogens is 332 g/mol. The first-order valence-electron chi connectivity index (χ1n) is 7.59. The molecule has 0 saturated carbocycles. The van der Waals surface area contributed by atoms with Crippen LogP contribution in [0.3, 0.4) is 0 Å². The van der Waals surface area contributed by atoms with Gasteiger partial charge in [0.05, 0.1) is 12.2 Å². The molecule has 25 heavy (non-hydrogen) atoms. The van der Waals surface area contributed by atoms with Gasteiger partial charge in [-0.05, 0) is 23.8 Å². The molecule has 0 spiro atoms. The summed E-state index contributed by atoms with van der Waals surface area (Å²) in [6.07, 6.45) is 3.40. The smallest absolute Gasteiger partial charge is 0.130 e. The van der Waals surface area contributed by atoms with Gasteiger partial charge in [0.2, 0.25) is 0 Å². The van der Waals surface area contributed by atoms with Crippen molar-refractivity contribution in [3.05, 3.63) is 82.5 Å². The molecule has 0 bridgehead atoms. The molecule has 0 saturated heterocycles. The lowest BCUT2D eigenvalue weighted by Crippen LogP contribution is -2.00. The molecule has 4 nitrogen and oxygen atoms in total. The largest absolute Gasteiger partial charge is 0.267 e. The Morgan fingerprint density at radius 3 is 2.36 bits per heavy atom. The zero-order valence-electron chi connectivity index (χ0n) is 13.2. The quantitative estimate of drug-likeness (QED) is 0.645. The highest BCUT2D eigenvalue weighted by Crippen LogP contribution is 2.24. The van der Waals surface area contributed by atoms with Crippen LogP contribution in [0, 0.1) is 22.7 Å². The summed E-state index contributed by atoms with van der Waals surface area (Å²) >= 11 is 5.92. The Balaban J connectivity index is 2.03. The Labute approximate surface area is 150 Å². The third kappa shape index (κ3) is 3.95. The summed E-state index contributed by atoms with van der Waals surface area (Å²) in [5.74, 6) is 0. The van der Waals surface area contributed by atoms with E-state index in [2.05, 4.69) is 5.10 Å². The molecule has 0 aliphatic rings. The van der Waals surface area contributed by atoms with E-state index in [-0.39, 0.29) is 5.57 Å². The Morgan fingerprint density at radius 1 is 1.04 bits per heavy atom. The van der Waals surface area contributed by atoms with Crippen molar-refractivity contribution < 1.29 is 0 Å². The number of hydrogen-bond donors (Lipinski definition) is 0. The van der Waals surface area contributed by atoms with E-state index < -0.39 is 0 Å². The maximum absolute atomic E-state index is 9.04. The fraction of sp³-hybridized carbons (Fsp3) is 0.0500. The van der Waals surface area contributed by atoms with E-state index in [1.807, 2.05) is 72.9 Å². The van der Waals surface area contributed by atoms with Crippen LogP contribution >= 0.6 is 11.6 Å². The van der Waals surface area contributed by atoms with Gasteiger partial charge in [-0.1, -0.05) is 54.1 Å². The minimum Gasteiger partial charge on any atom is -0.267 e. The van der Waals surface area contributed by atoms with Gasteiger partial charge >= 0.3 is 0 Å². The van der Waals surface area contributed by atoms with Crippen LogP contribution in [0.4, 0.5) is 0 Å². The molecule has 0 unspecified atom stereocenters. The van der Waals surface area contributed by atoms with E-state index in [0.29, 0.717) is 11.6 Å². The second kappa shape index (κ2) is 7.49. The van der Waals surface area contributed by atoms with Crippen LogP contribution in [0.15, 0.2) is 66.4 Å². The first-order valence-corrected chi connectivity index (χ1v) is 7.96. The number of halogens is 1. The van der Waals surface area contributed by atoms with Gasteiger partial charge in [0.15, 0.2) is 0 Å². The number of benzene rings is 2. The van der Waals surface area contributed by atoms with Gasteiger partial charge in [0, 0.05) is 22.3 Å². The summed E-state index contributed by atoms with van der Waals surface area (Å²) in [5.41, 5.74) is 3.50. The summed E-state index contributed by atoms with van der Waals surface area (Å²) in [6.45, 7) is 0.569. The van der Waals surface area contributed by atoms with E-state index in [1.54, 1.807) is 10.8 Å². The second-order valence-corrected chi connectivity index (χ2v) is 5.84. The molecule has 1 aromatic heterocycles. The molecule has 0 radical (unpaired) electrons. The number of allylic oxidation sites excluding steroid dienone is 1. The van der Waals surface area contributed by atoms with Crippen LogP contribution < -0.4 is 0 Å². The van der Waals surface area contributed by atoms with Gasteiger partial charge in [-0.15, -0.1) is 0 Å². The number of nitriles is 2. The third-order valence-corrected chi connectivity index (χ3v) is 3.89. The predicted molar refractivity (Wildman–Crippen MR) is 97.4 cm³/mol. The molecule has 0 amide bonds. The molecule has 0 aliphatic carbocycles. The molecule has 120 valence electrons. The van der Waals surface area contributed by atoms with Crippen LogP contribution in [0.5, 0.6) is 0 Å². The highest BCUT2D eigenvalue weighted by molar-refractivity contribution is 6.30. The minimum atomic E-state index is 0.0447. The molecular formula is C20H13ClN4. The van der Waals surface area contributed by atoms with E-state index in [9.17, 15) is 0 Å². The van der Waals surface area contributed by atoms with Crippen LogP contribution in [-0.2, 0) is 6.54 Å². The summed E-state index contributed by atoms with van der Waals surface area (Å²) in [4.78, 5) is 0. The van der Waals surface area contributed by atoms with Gasteiger partial charge in [-0.25, -0.2) is 0 Å². The summed E-state index contributed by atoms with van der Waals surface area (Å²) in [6, 6.07) is 21.0. The van der Waals surface area contributed by atoms with Crippen LogP contribution in [0.25, 0.3) is 17.3 Å². The van der Waals surface area contributed by atoms with E-state index >= 15 is 0 Å². The monoisotopic (exact) mass is 344 g/mol. The van der Waals surface area contributed by atoms with Gasteiger partial charge in [0.25, 0.3) is 0 Å². The van der Waals surface area contributed by atoms with Gasteiger partial charge in [0.1, 0.15) is 17.7 Å². The average Bonchev–Trinajstić information content (AvgIpc) is 3.04. The maximum Gasteiger partial charge on any atom is 0.130 e. The van der Waals surface area contributed by atoms with Crippen molar-refractivity contribution in [3.63, 3.8) is 0 Å². The highest BCUT2D eigenvalue weighted by Gasteiger charge is 2.11.